The molecule has 0 spiro atoms. The van der Waals surface area contributed by atoms with Gasteiger partial charge in [-0.05, 0) is 13.8 Å². The number of nitrogens with zero attached hydrogens (tertiary/aromatic N) is 2. The van der Waals surface area contributed by atoms with E-state index in [1.54, 1.807) is 11.0 Å². The Kier molecular flexibility index (Phi) is 4.69. The zero-order valence-electron chi connectivity index (χ0n) is 12.1. The number of anilines is 1. The topological polar surface area (TPSA) is 75.4 Å². The molecule has 0 saturated heterocycles. The van der Waals surface area contributed by atoms with Gasteiger partial charge in [0.2, 0.25) is 11.8 Å². The highest BCUT2D eigenvalue weighted by atomic mass is 16.5. The Bertz CT molecular complexity index is 432. The van der Waals surface area contributed by atoms with Crippen LogP contribution in [0, 0.1) is 5.41 Å². The molecule has 0 aromatic carbocycles. The molecule has 0 fully saturated rings. The summed E-state index contributed by atoms with van der Waals surface area (Å²) in [6.07, 6.45) is 1.37. The van der Waals surface area contributed by atoms with Gasteiger partial charge in [-0.3, -0.25) is 9.59 Å². The Labute approximate surface area is 113 Å². The highest BCUT2D eigenvalue weighted by molar-refractivity contribution is 5.94. The Morgan fingerprint density at radius 1 is 1.42 bits per heavy atom. The molecule has 1 N–H and O–H groups in total. The summed E-state index contributed by atoms with van der Waals surface area (Å²) in [6.45, 7) is 9.27. The van der Waals surface area contributed by atoms with Crippen molar-refractivity contribution in [2.24, 2.45) is 5.41 Å². The van der Waals surface area contributed by atoms with Crippen molar-refractivity contribution in [3.05, 3.63) is 12.3 Å². The highest BCUT2D eigenvalue weighted by Gasteiger charge is 2.30. The van der Waals surface area contributed by atoms with E-state index in [0.717, 1.165) is 0 Å². The molecule has 0 unspecified atom stereocenters. The second-order valence-electron chi connectivity index (χ2n) is 5.71. The van der Waals surface area contributed by atoms with Gasteiger partial charge in [-0.15, -0.1) is 0 Å². The van der Waals surface area contributed by atoms with Gasteiger partial charge in [-0.1, -0.05) is 25.9 Å². The first-order chi connectivity index (χ1) is 8.71. The summed E-state index contributed by atoms with van der Waals surface area (Å²) in [7, 11) is 0. The molecule has 0 atom stereocenters. The van der Waals surface area contributed by atoms with Crippen molar-refractivity contribution in [1.29, 1.82) is 0 Å². The Hall–Kier alpha value is -1.85. The molecule has 0 aliphatic heterocycles. The van der Waals surface area contributed by atoms with E-state index in [-0.39, 0.29) is 24.4 Å². The SMILES string of the molecule is CC(C)N(CC(=O)Nc1ccon1)C(=O)C(C)(C)C. The predicted molar refractivity (Wildman–Crippen MR) is 71.4 cm³/mol. The zero-order valence-corrected chi connectivity index (χ0v) is 12.1. The molecular formula is C13H21N3O3. The molecule has 6 nitrogen and oxygen atoms in total. The van der Waals surface area contributed by atoms with Gasteiger partial charge in [0.25, 0.3) is 0 Å². The van der Waals surface area contributed by atoms with Crippen LogP contribution in [0.2, 0.25) is 0 Å². The van der Waals surface area contributed by atoms with Crippen molar-refractivity contribution >= 4 is 17.6 Å². The van der Waals surface area contributed by atoms with Gasteiger partial charge in [0.15, 0.2) is 5.82 Å². The Morgan fingerprint density at radius 3 is 2.47 bits per heavy atom. The summed E-state index contributed by atoms with van der Waals surface area (Å²) in [5.74, 6) is -0.00471. The van der Waals surface area contributed by atoms with Crippen molar-refractivity contribution in [2.45, 2.75) is 40.7 Å². The van der Waals surface area contributed by atoms with Gasteiger partial charge in [0, 0.05) is 17.5 Å². The second kappa shape index (κ2) is 5.86. The number of hydrogen-bond donors (Lipinski definition) is 1. The second-order valence-corrected chi connectivity index (χ2v) is 5.71. The number of amides is 2. The maximum absolute atomic E-state index is 12.3. The number of rotatable bonds is 4. The maximum Gasteiger partial charge on any atom is 0.245 e. The van der Waals surface area contributed by atoms with Gasteiger partial charge in [-0.25, -0.2) is 0 Å². The van der Waals surface area contributed by atoms with Crippen molar-refractivity contribution in [3.63, 3.8) is 0 Å². The summed E-state index contributed by atoms with van der Waals surface area (Å²) in [5, 5.41) is 6.17. The van der Waals surface area contributed by atoms with Crippen molar-refractivity contribution in [2.75, 3.05) is 11.9 Å². The number of nitrogens with one attached hydrogen (secondary N) is 1. The van der Waals surface area contributed by atoms with Gasteiger partial charge >= 0.3 is 0 Å². The molecule has 6 heteroatoms. The molecule has 0 saturated carbocycles. The fourth-order valence-corrected chi connectivity index (χ4v) is 1.53. The van der Waals surface area contributed by atoms with Crippen LogP contribution in [0.3, 0.4) is 0 Å². The van der Waals surface area contributed by atoms with E-state index < -0.39 is 5.41 Å². The lowest BCUT2D eigenvalue weighted by molar-refractivity contribution is -0.143. The molecule has 1 aromatic rings. The monoisotopic (exact) mass is 267 g/mol. The molecule has 0 aliphatic rings. The van der Waals surface area contributed by atoms with Crippen LogP contribution >= 0.6 is 0 Å². The fraction of sp³-hybridized carbons (Fsp3) is 0.615. The largest absolute Gasteiger partial charge is 0.363 e. The first-order valence-electron chi connectivity index (χ1n) is 6.23. The van der Waals surface area contributed by atoms with Crippen molar-refractivity contribution in [3.8, 4) is 0 Å². The lowest BCUT2D eigenvalue weighted by Crippen LogP contribution is -2.47. The summed E-state index contributed by atoms with van der Waals surface area (Å²) in [4.78, 5) is 25.7. The lowest BCUT2D eigenvalue weighted by Gasteiger charge is -2.32. The van der Waals surface area contributed by atoms with E-state index >= 15 is 0 Å². The summed E-state index contributed by atoms with van der Waals surface area (Å²) >= 11 is 0. The van der Waals surface area contributed by atoms with E-state index in [0.29, 0.717) is 5.82 Å². The number of carbonyl (C=O) groups excluding carboxylic acids is 2. The van der Waals surface area contributed by atoms with E-state index in [1.165, 1.54) is 6.26 Å². The minimum Gasteiger partial charge on any atom is -0.363 e. The first kappa shape index (κ1) is 15.2. The molecule has 0 bridgehead atoms. The minimum absolute atomic E-state index is 0.000625. The molecule has 1 rings (SSSR count). The van der Waals surface area contributed by atoms with E-state index in [9.17, 15) is 9.59 Å². The van der Waals surface area contributed by atoms with Crippen LogP contribution < -0.4 is 5.32 Å². The standard InChI is InChI=1S/C13H21N3O3/c1-9(2)16(12(18)13(3,4)5)8-11(17)14-10-6-7-19-15-10/h6-7,9H,8H2,1-5H3,(H,14,15,17). The quantitative estimate of drug-likeness (QED) is 0.904. The van der Waals surface area contributed by atoms with Gasteiger partial charge < -0.3 is 14.7 Å². The minimum atomic E-state index is -0.515. The third-order valence-corrected chi connectivity index (χ3v) is 2.55. The van der Waals surface area contributed by atoms with Gasteiger partial charge in [-0.2, -0.15) is 0 Å². The number of aromatic nitrogens is 1. The van der Waals surface area contributed by atoms with Crippen LogP contribution in [-0.2, 0) is 9.59 Å². The van der Waals surface area contributed by atoms with E-state index in [1.807, 2.05) is 34.6 Å². The van der Waals surface area contributed by atoms with Crippen LogP contribution in [0.1, 0.15) is 34.6 Å². The third kappa shape index (κ3) is 4.39. The van der Waals surface area contributed by atoms with E-state index in [2.05, 4.69) is 15.0 Å². The smallest absolute Gasteiger partial charge is 0.245 e. The average molecular weight is 267 g/mol. The molecule has 0 aliphatic carbocycles. The molecule has 19 heavy (non-hydrogen) atoms. The van der Waals surface area contributed by atoms with Crippen LogP contribution in [-0.4, -0.2) is 34.5 Å². The molecule has 1 heterocycles. The lowest BCUT2D eigenvalue weighted by atomic mass is 9.94. The summed E-state index contributed by atoms with van der Waals surface area (Å²) in [6, 6.07) is 1.50. The fourth-order valence-electron chi connectivity index (χ4n) is 1.53. The Morgan fingerprint density at radius 2 is 2.05 bits per heavy atom. The number of hydrogen-bond acceptors (Lipinski definition) is 4. The normalized spacial score (nSPS) is 11.5. The molecule has 0 radical (unpaired) electrons. The number of carbonyl (C=O) groups is 2. The molecule has 1 aromatic heterocycles. The van der Waals surface area contributed by atoms with Crippen LogP contribution in [0.4, 0.5) is 5.82 Å². The summed E-state index contributed by atoms with van der Waals surface area (Å²) < 4.78 is 4.62. The molecular weight excluding hydrogens is 246 g/mol. The van der Waals surface area contributed by atoms with Crippen LogP contribution in [0.5, 0.6) is 0 Å². The van der Waals surface area contributed by atoms with E-state index in [4.69, 9.17) is 0 Å². The third-order valence-electron chi connectivity index (χ3n) is 2.55. The highest BCUT2D eigenvalue weighted by Crippen LogP contribution is 2.19. The van der Waals surface area contributed by atoms with Crippen LogP contribution in [0.25, 0.3) is 0 Å². The van der Waals surface area contributed by atoms with Crippen LogP contribution in [0.15, 0.2) is 16.9 Å². The van der Waals surface area contributed by atoms with Gasteiger partial charge in [0.1, 0.15) is 12.8 Å². The maximum atomic E-state index is 12.3. The molecule has 2 amide bonds. The first-order valence-corrected chi connectivity index (χ1v) is 6.23. The van der Waals surface area contributed by atoms with Crippen molar-refractivity contribution < 1.29 is 14.1 Å². The average Bonchev–Trinajstić information content (AvgIpc) is 2.76. The summed E-state index contributed by atoms with van der Waals surface area (Å²) in [5.41, 5.74) is -0.515. The predicted octanol–water partition coefficient (Wildman–Crippen LogP) is 1.90. The van der Waals surface area contributed by atoms with Crippen molar-refractivity contribution in [1.82, 2.24) is 10.1 Å². The Balaban J connectivity index is 2.69. The molecule has 106 valence electrons. The zero-order chi connectivity index (χ0) is 14.6. The van der Waals surface area contributed by atoms with Gasteiger partial charge in [0.05, 0.1) is 0 Å².